The van der Waals surface area contributed by atoms with Crippen LogP contribution in [-0.2, 0) is 30.5 Å². The van der Waals surface area contributed by atoms with E-state index in [9.17, 15) is 19.2 Å². The number of nitrogens with one attached hydrogen (secondary N) is 1. The van der Waals surface area contributed by atoms with Gasteiger partial charge in [0.25, 0.3) is 0 Å². The largest absolute Gasteiger partial charge is 0.462 e. The monoisotopic (exact) mass is 658 g/mol. The highest BCUT2D eigenvalue weighted by molar-refractivity contribution is 6.06. The predicted molar refractivity (Wildman–Crippen MR) is 185 cm³/mol. The number of ketones is 1. The van der Waals surface area contributed by atoms with Crippen LogP contribution >= 0.6 is 0 Å². The van der Waals surface area contributed by atoms with E-state index in [1.807, 2.05) is 18.2 Å². The number of carbonyl (C=O) groups is 4. The van der Waals surface area contributed by atoms with Crippen molar-refractivity contribution < 1.29 is 23.9 Å². The molecule has 262 valence electrons. The van der Waals surface area contributed by atoms with Crippen LogP contribution in [0.4, 0.5) is 0 Å². The summed E-state index contributed by atoms with van der Waals surface area (Å²) in [6, 6.07) is 5.74. The zero-order valence-corrected chi connectivity index (χ0v) is 30.6. The number of aldehydes is 1. The molecule has 0 saturated heterocycles. The minimum atomic E-state index is -0.751. The molecule has 1 aromatic heterocycles. The van der Waals surface area contributed by atoms with Gasteiger partial charge in [-0.3, -0.25) is 19.4 Å². The summed E-state index contributed by atoms with van der Waals surface area (Å²) in [6.45, 7) is 17.8. The van der Waals surface area contributed by atoms with Gasteiger partial charge in [0, 0.05) is 23.4 Å². The molecular formula is C41H58N2O5. The first-order valence-corrected chi connectivity index (χ1v) is 18.6. The molecule has 0 aromatic carbocycles. The van der Waals surface area contributed by atoms with Crippen LogP contribution in [0.3, 0.4) is 0 Å². The van der Waals surface area contributed by atoms with Crippen LogP contribution in [0.15, 0.2) is 35.5 Å². The molecule has 48 heavy (non-hydrogen) atoms. The number of allylic oxidation sites excluding steroid dienone is 1. The Morgan fingerprint density at radius 1 is 1.00 bits per heavy atom. The highest BCUT2D eigenvalue weighted by Crippen LogP contribution is 2.73. The number of fused-ring (bicyclic) bond motifs is 7. The van der Waals surface area contributed by atoms with E-state index in [1.54, 1.807) is 20.0 Å². The maximum atomic E-state index is 14.3. The van der Waals surface area contributed by atoms with Crippen molar-refractivity contribution in [3.63, 3.8) is 0 Å². The molecule has 0 bridgehead atoms. The summed E-state index contributed by atoms with van der Waals surface area (Å²) < 4.78 is 6.18. The standard InChI is InChI=1S/C41H58N2O5/c1-25(2)34-29(45)21-41(36(47)43-23-26-11-9-10-20-42-26)19-14-28-27(35(34)41)12-13-31-39(28,7)17-15-30-38(5,6)32(16-18-40(30,31)8)48-33(46)22-37(3,4)24-44/h9-11,20,24-25,27-28,30-32H,12-19,21-23H2,1-8H3,(H,43,47)/t27?,28?,30?,31?,32?,39-,40-,41+/m0/s1. The third-order valence-electron chi connectivity index (χ3n) is 14.3. The first kappa shape index (κ1) is 35.0. The lowest BCUT2D eigenvalue weighted by molar-refractivity contribution is -0.213. The van der Waals surface area contributed by atoms with E-state index in [1.165, 1.54) is 5.57 Å². The first-order valence-electron chi connectivity index (χ1n) is 18.6. The van der Waals surface area contributed by atoms with E-state index in [-0.39, 0.29) is 58.3 Å². The Labute approximate surface area is 287 Å². The van der Waals surface area contributed by atoms with Crippen molar-refractivity contribution >= 4 is 23.9 Å². The van der Waals surface area contributed by atoms with Gasteiger partial charge in [-0.15, -0.1) is 0 Å². The molecule has 5 unspecified atom stereocenters. The normalized spacial score (nSPS) is 37.2. The fourth-order valence-electron chi connectivity index (χ4n) is 12.2. The van der Waals surface area contributed by atoms with Gasteiger partial charge >= 0.3 is 5.97 Å². The Morgan fingerprint density at radius 3 is 2.40 bits per heavy atom. The smallest absolute Gasteiger partial charge is 0.307 e. The van der Waals surface area contributed by atoms with E-state index in [0.29, 0.717) is 30.7 Å². The second-order valence-corrected chi connectivity index (χ2v) is 18.3. The van der Waals surface area contributed by atoms with Gasteiger partial charge < -0.3 is 14.8 Å². The van der Waals surface area contributed by atoms with Gasteiger partial charge in [-0.2, -0.15) is 0 Å². The Morgan fingerprint density at radius 2 is 1.73 bits per heavy atom. The molecule has 1 heterocycles. The molecular weight excluding hydrogens is 600 g/mol. The molecule has 1 amide bonds. The average molecular weight is 659 g/mol. The SMILES string of the molecule is CC(C)C1=C2C3CCC4[C@@](C)(CCC5C(C)(C)C(OC(=O)CC(C)(C)C=O)CC[C@@]54C)C3CC[C@@]2(C(=O)NCc2ccccn2)CC1=O. The Bertz CT molecular complexity index is 1490. The van der Waals surface area contributed by atoms with Crippen LogP contribution in [-0.4, -0.2) is 35.0 Å². The molecule has 1 N–H and O–H groups in total. The molecule has 0 radical (unpaired) electrons. The molecule has 5 aliphatic rings. The van der Waals surface area contributed by atoms with Crippen molar-refractivity contribution in [3.8, 4) is 0 Å². The number of hydrogen-bond donors (Lipinski definition) is 1. The number of rotatable bonds is 8. The Balaban J connectivity index is 1.26. The second-order valence-electron chi connectivity index (χ2n) is 18.3. The highest BCUT2D eigenvalue weighted by atomic mass is 16.5. The van der Waals surface area contributed by atoms with Gasteiger partial charge in [0.2, 0.25) is 5.91 Å². The first-order chi connectivity index (χ1) is 22.5. The summed E-state index contributed by atoms with van der Waals surface area (Å²) in [7, 11) is 0. The fourth-order valence-corrected chi connectivity index (χ4v) is 12.2. The number of Topliss-reactive ketones (excluding diaryl/α,β-unsaturated/α-hetero) is 1. The molecule has 0 spiro atoms. The maximum absolute atomic E-state index is 14.3. The van der Waals surface area contributed by atoms with Crippen molar-refractivity contribution in [2.24, 2.45) is 56.7 Å². The summed E-state index contributed by atoms with van der Waals surface area (Å²) in [5.41, 5.74) is 1.51. The van der Waals surface area contributed by atoms with Crippen molar-refractivity contribution in [3.05, 3.63) is 41.2 Å². The van der Waals surface area contributed by atoms with E-state index in [2.05, 4.69) is 51.8 Å². The second kappa shape index (κ2) is 12.2. The predicted octanol–water partition coefficient (Wildman–Crippen LogP) is 7.82. The molecule has 4 fully saturated rings. The molecule has 4 saturated carbocycles. The zero-order valence-electron chi connectivity index (χ0n) is 30.6. The molecule has 5 aliphatic carbocycles. The Hall–Kier alpha value is -2.83. The number of pyridine rings is 1. The van der Waals surface area contributed by atoms with Gasteiger partial charge in [-0.05, 0) is 115 Å². The van der Waals surface area contributed by atoms with Gasteiger partial charge in [0.15, 0.2) is 5.78 Å². The van der Waals surface area contributed by atoms with Crippen LogP contribution in [0.2, 0.25) is 0 Å². The van der Waals surface area contributed by atoms with Crippen molar-refractivity contribution in [1.29, 1.82) is 0 Å². The lowest BCUT2D eigenvalue weighted by atomic mass is 9.36. The van der Waals surface area contributed by atoms with Crippen molar-refractivity contribution in [2.45, 2.75) is 132 Å². The molecule has 0 aliphatic heterocycles. The maximum Gasteiger partial charge on any atom is 0.307 e. The van der Waals surface area contributed by atoms with E-state index >= 15 is 0 Å². The van der Waals surface area contributed by atoms with E-state index < -0.39 is 10.8 Å². The minimum Gasteiger partial charge on any atom is -0.462 e. The summed E-state index contributed by atoms with van der Waals surface area (Å²) >= 11 is 0. The van der Waals surface area contributed by atoms with Crippen LogP contribution in [0.25, 0.3) is 0 Å². The zero-order chi connectivity index (χ0) is 34.9. The van der Waals surface area contributed by atoms with Gasteiger partial charge in [0.1, 0.15) is 12.4 Å². The van der Waals surface area contributed by atoms with Crippen LogP contribution in [0, 0.1) is 56.7 Å². The quantitative estimate of drug-likeness (QED) is 0.226. The summed E-state index contributed by atoms with van der Waals surface area (Å²) in [5.74, 6) is 1.61. The lowest BCUT2D eigenvalue weighted by Crippen LogP contribution is -2.63. The van der Waals surface area contributed by atoms with E-state index in [0.717, 1.165) is 68.9 Å². The third kappa shape index (κ3) is 5.50. The molecule has 7 nitrogen and oxygen atoms in total. The number of aromatic nitrogens is 1. The van der Waals surface area contributed by atoms with Crippen molar-refractivity contribution in [1.82, 2.24) is 10.3 Å². The molecule has 1 aromatic rings. The lowest BCUT2D eigenvalue weighted by Gasteiger charge is -2.68. The molecule has 8 atom stereocenters. The molecule has 6 rings (SSSR count). The third-order valence-corrected chi connectivity index (χ3v) is 14.3. The van der Waals surface area contributed by atoms with Gasteiger partial charge in [-0.25, -0.2) is 0 Å². The summed E-state index contributed by atoms with van der Waals surface area (Å²) in [5, 5.41) is 3.22. The van der Waals surface area contributed by atoms with Crippen LogP contribution in [0.5, 0.6) is 0 Å². The summed E-state index contributed by atoms with van der Waals surface area (Å²) in [4.78, 5) is 57.0. The number of amides is 1. The molecule has 7 heteroatoms. The van der Waals surface area contributed by atoms with E-state index in [4.69, 9.17) is 4.74 Å². The van der Waals surface area contributed by atoms with Gasteiger partial charge in [-0.1, -0.05) is 61.5 Å². The van der Waals surface area contributed by atoms with Crippen molar-refractivity contribution in [2.75, 3.05) is 0 Å². The van der Waals surface area contributed by atoms with Gasteiger partial charge in [0.05, 0.1) is 24.1 Å². The average Bonchev–Trinajstić information content (AvgIpc) is 3.35. The topological polar surface area (TPSA) is 102 Å². The fraction of sp³-hybridized carbons (Fsp3) is 0.732. The number of esters is 1. The van der Waals surface area contributed by atoms with Crippen LogP contribution < -0.4 is 5.32 Å². The number of hydrogen-bond acceptors (Lipinski definition) is 6. The Kier molecular flexibility index (Phi) is 8.89. The number of ether oxygens (including phenoxy) is 1. The summed E-state index contributed by atoms with van der Waals surface area (Å²) in [6.07, 6.45) is 10.7. The number of nitrogens with zero attached hydrogens (tertiary/aromatic N) is 1. The highest BCUT2D eigenvalue weighted by Gasteiger charge is 2.67. The number of carbonyl (C=O) groups excluding carboxylic acids is 4. The van der Waals surface area contributed by atoms with Crippen LogP contribution in [0.1, 0.15) is 125 Å². The minimum absolute atomic E-state index is 0.000279.